The fourth-order valence-corrected chi connectivity index (χ4v) is 8.27. The molecule has 0 N–H and O–H groups in total. The van der Waals surface area contributed by atoms with E-state index in [1.54, 1.807) is 48.9 Å². The van der Waals surface area contributed by atoms with Gasteiger partial charge in [0.1, 0.15) is 5.69 Å². The van der Waals surface area contributed by atoms with E-state index >= 15 is 0 Å². The van der Waals surface area contributed by atoms with E-state index in [4.69, 9.17) is 23.2 Å². The van der Waals surface area contributed by atoms with Crippen LogP contribution in [0.2, 0.25) is 10.0 Å². The molecule has 0 unspecified atom stereocenters. The Kier molecular flexibility index (Phi) is 13.8. The molecule has 0 amide bonds. The lowest BCUT2D eigenvalue weighted by Gasteiger charge is -2.34. The molecule has 0 aliphatic carbocycles. The molecule has 2 saturated heterocycles. The smallest absolute Gasteiger partial charge is 0.344 e. The van der Waals surface area contributed by atoms with E-state index in [0.717, 1.165) is 92.9 Å². The first kappa shape index (κ1) is 41.8. The van der Waals surface area contributed by atoms with Crippen molar-refractivity contribution < 1.29 is 22.0 Å². The maximum atomic E-state index is 13.3. The second-order valence-electron chi connectivity index (χ2n) is 13.7. The van der Waals surface area contributed by atoms with Crippen molar-refractivity contribution >= 4 is 56.5 Å². The predicted molar refractivity (Wildman–Crippen MR) is 219 cm³/mol. The van der Waals surface area contributed by atoms with E-state index in [0.29, 0.717) is 45.8 Å². The number of pyridine rings is 2. The number of piperazine rings is 2. The van der Waals surface area contributed by atoms with E-state index in [2.05, 4.69) is 48.3 Å². The Balaban J connectivity index is 0.000000177. The molecule has 0 bridgehead atoms. The molecule has 6 aromatic rings. The summed E-state index contributed by atoms with van der Waals surface area (Å²) < 4.78 is 73.7. The van der Waals surface area contributed by atoms with Crippen LogP contribution in [0.25, 0.3) is 22.9 Å². The topological polar surface area (TPSA) is 90.3 Å². The summed E-state index contributed by atoms with van der Waals surface area (Å²) in [5, 5.41) is 2.87. The Morgan fingerprint density at radius 3 is 1.86 bits per heavy atom. The standard InChI is InChI=1S/C20H19ClF3N5S.C19H18ClF2N5S/c21-16-4-6-25-17(13-16)18-26-19(30-27-18)29-10-8-28(9-11-29)7-5-14-2-1-3-15(12-14)20(22,23)24;20-15-10-14(11-23-12-15)18-24-19(28-25-18)27-7-5-26(6-8-27)4-3-13-1-2-16(21)17(22)9-13/h1-4,6,12-13H,5,7-11H2;1-2,9-12H,3-8H2. The van der Waals surface area contributed by atoms with E-state index in [9.17, 15) is 22.0 Å². The molecular formula is C39H37Cl2F5N10S2. The highest BCUT2D eigenvalue weighted by Gasteiger charge is 2.30. The lowest BCUT2D eigenvalue weighted by Crippen LogP contribution is -2.47. The summed E-state index contributed by atoms with van der Waals surface area (Å²) in [5.74, 6) is -0.396. The summed E-state index contributed by atoms with van der Waals surface area (Å²) in [4.78, 5) is 26.5. The minimum absolute atomic E-state index is 0.559. The van der Waals surface area contributed by atoms with Crippen molar-refractivity contribution in [3.05, 3.63) is 118 Å². The number of benzene rings is 2. The summed E-state index contributed by atoms with van der Waals surface area (Å²) in [6.45, 7) is 8.24. The SMILES string of the molecule is FC(F)(F)c1cccc(CCN2CCN(c3nc(-c4cc(Cl)ccn4)ns3)CC2)c1.Fc1ccc(CCN2CCN(c3nc(-c4cncc(Cl)c4)ns3)CC2)cc1F. The van der Waals surface area contributed by atoms with Gasteiger partial charge in [0.25, 0.3) is 0 Å². The third-order valence-corrected chi connectivity index (χ3v) is 11.7. The second-order valence-corrected chi connectivity index (χ2v) is 16.0. The van der Waals surface area contributed by atoms with Crippen molar-refractivity contribution in [2.75, 3.05) is 75.2 Å². The molecule has 2 aliphatic rings. The summed E-state index contributed by atoms with van der Waals surface area (Å²) in [6.07, 6.45) is 1.89. The molecule has 8 rings (SSSR count). The van der Waals surface area contributed by atoms with E-state index in [-0.39, 0.29) is 0 Å². The third-order valence-electron chi connectivity index (χ3n) is 9.70. The van der Waals surface area contributed by atoms with Gasteiger partial charge in [-0.25, -0.2) is 8.78 Å². The molecule has 2 fully saturated rings. The van der Waals surface area contributed by atoms with Crippen LogP contribution in [0.4, 0.5) is 32.2 Å². The molecule has 19 heteroatoms. The molecule has 304 valence electrons. The van der Waals surface area contributed by atoms with Gasteiger partial charge in [-0.05, 0) is 60.4 Å². The van der Waals surface area contributed by atoms with Crippen molar-refractivity contribution in [2.45, 2.75) is 19.0 Å². The number of alkyl halides is 3. The zero-order valence-corrected chi connectivity index (χ0v) is 34.1. The van der Waals surface area contributed by atoms with Crippen LogP contribution >= 0.6 is 46.3 Å². The van der Waals surface area contributed by atoms with Crippen LogP contribution < -0.4 is 9.80 Å². The monoisotopic (exact) mass is 874 g/mol. The zero-order valence-electron chi connectivity index (χ0n) is 30.9. The molecule has 0 radical (unpaired) electrons. The number of anilines is 2. The normalized spacial score (nSPS) is 15.4. The van der Waals surface area contributed by atoms with Crippen molar-refractivity contribution in [1.82, 2.24) is 38.5 Å². The summed E-state index contributed by atoms with van der Waals surface area (Å²) >= 11 is 14.7. The Morgan fingerprint density at radius 1 is 0.638 bits per heavy atom. The second kappa shape index (κ2) is 19.1. The van der Waals surface area contributed by atoms with Gasteiger partial charge >= 0.3 is 6.18 Å². The number of nitrogens with zero attached hydrogens (tertiary/aromatic N) is 10. The maximum Gasteiger partial charge on any atom is 0.416 e. The molecule has 2 aliphatic heterocycles. The first-order chi connectivity index (χ1) is 28.0. The summed E-state index contributed by atoms with van der Waals surface area (Å²) in [7, 11) is 0. The summed E-state index contributed by atoms with van der Waals surface area (Å²) in [5.41, 5.74) is 2.37. The Morgan fingerprint density at radius 2 is 1.26 bits per heavy atom. The van der Waals surface area contributed by atoms with Crippen molar-refractivity contribution in [2.24, 2.45) is 0 Å². The molecule has 0 atom stereocenters. The van der Waals surface area contributed by atoms with Crippen molar-refractivity contribution in [1.29, 1.82) is 0 Å². The van der Waals surface area contributed by atoms with Gasteiger partial charge in [0.15, 0.2) is 23.3 Å². The van der Waals surface area contributed by atoms with Crippen LogP contribution in [0, 0.1) is 11.6 Å². The average Bonchev–Trinajstić information content (AvgIpc) is 3.93. The van der Waals surface area contributed by atoms with Crippen LogP contribution in [-0.2, 0) is 19.0 Å². The molecule has 58 heavy (non-hydrogen) atoms. The van der Waals surface area contributed by atoms with Crippen molar-refractivity contribution in [3.8, 4) is 22.9 Å². The first-order valence-corrected chi connectivity index (χ1v) is 20.7. The van der Waals surface area contributed by atoms with Gasteiger partial charge in [0.05, 0.1) is 10.6 Å². The van der Waals surface area contributed by atoms with Crippen LogP contribution in [-0.4, -0.2) is 104 Å². The highest BCUT2D eigenvalue weighted by atomic mass is 35.5. The van der Waals surface area contributed by atoms with Crippen molar-refractivity contribution in [3.63, 3.8) is 0 Å². The fourth-order valence-electron chi connectivity index (χ4n) is 6.47. The first-order valence-electron chi connectivity index (χ1n) is 18.4. The predicted octanol–water partition coefficient (Wildman–Crippen LogP) is 8.53. The summed E-state index contributed by atoms with van der Waals surface area (Å²) in [6, 6.07) is 14.9. The van der Waals surface area contributed by atoms with Crippen LogP contribution in [0.5, 0.6) is 0 Å². The zero-order chi connectivity index (χ0) is 40.6. The quantitative estimate of drug-likeness (QED) is 0.125. The molecule has 6 heterocycles. The highest BCUT2D eigenvalue weighted by molar-refractivity contribution is 7.10. The average molecular weight is 876 g/mol. The molecule has 0 spiro atoms. The Labute approximate surface area is 350 Å². The highest BCUT2D eigenvalue weighted by Crippen LogP contribution is 2.30. The minimum atomic E-state index is -4.30. The molecule has 2 aromatic carbocycles. The van der Waals surface area contributed by atoms with Gasteiger partial charge in [0.2, 0.25) is 10.3 Å². The maximum absolute atomic E-state index is 13.3. The van der Waals surface area contributed by atoms with Gasteiger partial charge in [-0.15, -0.1) is 0 Å². The number of hydrogen-bond donors (Lipinski definition) is 0. The molecule has 0 saturated carbocycles. The van der Waals surface area contributed by atoms with E-state index in [1.165, 1.54) is 47.3 Å². The lowest BCUT2D eigenvalue weighted by atomic mass is 10.1. The van der Waals surface area contributed by atoms with Crippen LogP contribution in [0.15, 0.2) is 79.3 Å². The fraction of sp³-hybridized carbons (Fsp3) is 0.333. The van der Waals surface area contributed by atoms with Gasteiger partial charge < -0.3 is 9.80 Å². The van der Waals surface area contributed by atoms with E-state index < -0.39 is 23.4 Å². The third kappa shape index (κ3) is 11.2. The number of rotatable bonds is 10. The van der Waals surface area contributed by atoms with Crippen LogP contribution in [0.1, 0.15) is 16.7 Å². The number of halogens is 7. The molecular weight excluding hydrogens is 839 g/mol. The van der Waals surface area contributed by atoms with Crippen LogP contribution in [0.3, 0.4) is 0 Å². The minimum Gasteiger partial charge on any atom is -0.344 e. The van der Waals surface area contributed by atoms with Gasteiger partial charge in [0, 0.05) is 118 Å². The van der Waals surface area contributed by atoms with Gasteiger partial charge in [-0.1, -0.05) is 47.5 Å². The Bertz CT molecular complexity index is 2280. The molecule has 10 nitrogen and oxygen atoms in total. The lowest BCUT2D eigenvalue weighted by molar-refractivity contribution is -0.137. The van der Waals surface area contributed by atoms with E-state index in [1.807, 2.05) is 0 Å². The number of hydrogen-bond acceptors (Lipinski definition) is 12. The molecule has 4 aromatic heterocycles. The largest absolute Gasteiger partial charge is 0.416 e. The number of aromatic nitrogens is 6. The van der Waals surface area contributed by atoms with Gasteiger partial charge in [-0.3, -0.25) is 19.8 Å². The Hall–Kier alpha value is -4.39. The van der Waals surface area contributed by atoms with Gasteiger partial charge in [-0.2, -0.15) is 31.9 Å².